The molecule has 0 bridgehead atoms. The lowest BCUT2D eigenvalue weighted by Crippen LogP contribution is -2.56. The van der Waals surface area contributed by atoms with Crippen molar-refractivity contribution in [3.63, 3.8) is 0 Å². The molecule has 1 aliphatic carbocycles. The predicted molar refractivity (Wildman–Crippen MR) is 145 cm³/mol. The van der Waals surface area contributed by atoms with Crippen LogP contribution in [0.3, 0.4) is 0 Å². The molecule has 3 atom stereocenters. The van der Waals surface area contributed by atoms with Crippen molar-refractivity contribution in [2.24, 2.45) is 13.0 Å². The highest BCUT2D eigenvalue weighted by Crippen LogP contribution is 2.28. The van der Waals surface area contributed by atoms with Crippen LogP contribution in [-0.4, -0.2) is 54.2 Å². The number of esters is 1. The molecular formula is C29H34N4O6. The topological polar surface area (TPSA) is 128 Å². The Morgan fingerprint density at radius 3 is 2.46 bits per heavy atom. The van der Waals surface area contributed by atoms with Gasteiger partial charge < -0.3 is 30.0 Å². The van der Waals surface area contributed by atoms with Crippen LogP contribution in [0, 0.1) is 5.92 Å². The minimum absolute atomic E-state index is 0.154. The largest absolute Gasteiger partial charge is 0.469 e. The molecule has 10 nitrogen and oxygen atoms in total. The third-order valence-electron chi connectivity index (χ3n) is 7.06. The molecular weight excluding hydrogens is 500 g/mol. The monoisotopic (exact) mass is 534 g/mol. The summed E-state index contributed by atoms with van der Waals surface area (Å²) in [4.78, 5) is 50.5. The van der Waals surface area contributed by atoms with E-state index in [1.807, 2.05) is 54.6 Å². The molecule has 1 aromatic heterocycles. The molecule has 206 valence electrons. The van der Waals surface area contributed by atoms with E-state index in [4.69, 9.17) is 9.47 Å². The Morgan fingerprint density at radius 1 is 1.03 bits per heavy atom. The van der Waals surface area contributed by atoms with E-state index < -0.39 is 18.1 Å². The number of hydrogen-bond acceptors (Lipinski definition) is 6. The number of amides is 3. The van der Waals surface area contributed by atoms with E-state index in [9.17, 15) is 19.2 Å². The van der Waals surface area contributed by atoms with Crippen LogP contribution in [0.4, 0.5) is 4.79 Å². The second kappa shape index (κ2) is 12.9. The van der Waals surface area contributed by atoms with E-state index in [0.29, 0.717) is 25.0 Å². The Morgan fingerprint density at radius 2 is 1.77 bits per heavy atom. The van der Waals surface area contributed by atoms with Gasteiger partial charge in [0.1, 0.15) is 18.3 Å². The molecule has 1 heterocycles. The van der Waals surface area contributed by atoms with E-state index in [1.165, 1.54) is 7.11 Å². The van der Waals surface area contributed by atoms with Crippen molar-refractivity contribution in [3.8, 4) is 0 Å². The number of aromatic nitrogens is 1. The number of carbonyl (C=O) groups excluding carboxylic acids is 4. The summed E-state index contributed by atoms with van der Waals surface area (Å²) in [5, 5.41) is 9.34. The van der Waals surface area contributed by atoms with Crippen molar-refractivity contribution in [1.29, 1.82) is 0 Å². The number of benzene rings is 2. The number of aryl methyl sites for hydroxylation is 1. The Hall–Kier alpha value is -4.34. The van der Waals surface area contributed by atoms with Crippen molar-refractivity contribution in [2.45, 2.75) is 44.4 Å². The van der Waals surface area contributed by atoms with Crippen LogP contribution in [0.2, 0.25) is 0 Å². The van der Waals surface area contributed by atoms with Crippen LogP contribution in [0.5, 0.6) is 0 Å². The summed E-state index contributed by atoms with van der Waals surface area (Å²) in [5.74, 6) is -1.52. The standard InChI is InChI=1S/C29H34N4O6/c1-33-24-13-7-6-11-20(24)17-25(33)27(35)32-23(26(34)31-22-15-14-21(22)28(36)38-2)12-8-16-30-29(37)39-18-19-9-4-3-5-10-19/h3-7,9-11,13,17,21-23H,8,12,14-16,18H2,1-2H3,(H,30,37)(H,31,34)(H,32,35)/t21-,22+,23+/m1/s1. The predicted octanol–water partition coefficient (Wildman–Crippen LogP) is 3.05. The van der Waals surface area contributed by atoms with Crippen LogP contribution in [0.1, 0.15) is 41.7 Å². The zero-order chi connectivity index (χ0) is 27.8. The molecule has 0 unspecified atom stereocenters. The van der Waals surface area contributed by atoms with Gasteiger partial charge >= 0.3 is 12.1 Å². The lowest BCUT2D eigenvalue weighted by Gasteiger charge is -2.35. The molecule has 1 aliphatic rings. The van der Waals surface area contributed by atoms with Crippen LogP contribution >= 0.6 is 0 Å². The van der Waals surface area contributed by atoms with Crippen molar-refractivity contribution < 1.29 is 28.7 Å². The SMILES string of the molecule is COC(=O)[C@@H]1CC[C@@H]1NC(=O)[C@H](CCCNC(=O)OCc1ccccc1)NC(=O)c1cc2ccccc2n1C. The normalized spacial score (nSPS) is 17.0. The van der Waals surface area contributed by atoms with E-state index in [1.54, 1.807) is 17.7 Å². The lowest BCUT2D eigenvalue weighted by atomic mass is 9.79. The van der Waals surface area contributed by atoms with E-state index in [-0.39, 0.29) is 43.4 Å². The first-order valence-electron chi connectivity index (χ1n) is 13.1. The first-order chi connectivity index (χ1) is 18.9. The van der Waals surface area contributed by atoms with Gasteiger partial charge in [-0.05, 0) is 43.4 Å². The summed E-state index contributed by atoms with van der Waals surface area (Å²) >= 11 is 0. The Kier molecular flexibility index (Phi) is 9.19. The number of hydrogen-bond donors (Lipinski definition) is 3. The van der Waals surface area contributed by atoms with Gasteiger partial charge in [-0.1, -0.05) is 48.5 Å². The molecule has 3 N–H and O–H groups in total. The number of methoxy groups -OCH3 is 1. The first-order valence-corrected chi connectivity index (χ1v) is 13.1. The molecule has 2 aromatic carbocycles. The Bertz CT molecular complexity index is 1320. The van der Waals surface area contributed by atoms with Gasteiger partial charge in [-0.15, -0.1) is 0 Å². The van der Waals surface area contributed by atoms with Crippen molar-refractivity contribution in [3.05, 3.63) is 71.9 Å². The molecule has 0 saturated heterocycles. The minimum atomic E-state index is -0.864. The third kappa shape index (κ3) is 6.95. The maximum absolute atomic E-state index is 13.2. The van der Waals surface area contributed by atoms with Gasteiger partial charge in [0.15, 0.2) is 0 Å². The second-order valence-corrected chi connectivity index (χ2v) is 9.63. The number of para-hydroxylation sites is 1. The molecule has 4 rings (SSSR count). The van der Waals surface area contributed by atoms with E-state index >= 15 is 0 Å². The number of rotatable bonds is 11. The average molecular weight is 535 g/mol. The first kappa shape index (κ1) is 27.7. The number of ether oxygens (including phenoxy) is 2. The van der Waals surface area contributed by atoms with Gasteiger partial charge in [-0.3, -0.25) is 14.4 Å². The zero-order valence-electron chi connectivity index (χ0n) is 22.1. The van der Waals surface area contributed by atoms with Gasteiger partial charge in [0.2, 0.25) is 5.91 Å². The van der Waals surface area contributed by atoms with Gasteiger partial charge in [0.25, 0.3) is 5.91 Å². The number of fused-ring (bicyclic) bond motifs is 1. The number of nitrogens with zero attached hydrogens (tertiary/aromatic N) is 1. The van der Waals surface area contributed by atoms with Gasteiger partial charge in [0, 0.05) is 30.5 Å². The number of carbonyl (C=O) groups is 4. The third-order valence-corrected chi connectivity index (χ3v) is 7.06. The highest BCUT2D eigenvalue weighted by atomic mass is 16.5. The fourth-order valence-corrected chi connectivity index (χ4v) is 4.67. The summed E-state index contributed by atoms with van der Waals surface area (Å²) in [6.45, 7) is 0.414. The summed E-state index contributed by atoms with van der Waals surface area (Å²) in [5.41, 5.74) is 2.20. The van der Waals surface area contributed by atoms with E-state index in [2.05, 4.69) is 16.0 Å². The lowest BCUT2D eigenvalue weighted by molar-refractivity contribution is -0.150. The molecule has 10 heteroatoms. The van der Waals surface area contributed by atoms with Gasteiger partial charge in [-0.2, -0.15) is 0 Å². The average Bonchev–Trinajstić information content (AvgIpc) is 3.28. The molecule has 0 aliphatic heterocycles. The molecule has 0 radical (unpaired) electrons. The summed E-state index contributed by atoms with van der Waals surface area (Å²) in [6, 6.07) is 17.6. The number of alkyl carbamates (subject to hydrolysis) is 1. The summed E-state index contributed by atoms with van der Waals surface area (Å²) in [7, 11) is 3.12. The second-order valence-electron chi connectivity index (χ2n) is 9.63. The fraction of sp³-hybridized carbons (Fsp3) is 0.379. The Balaban J connectivity index is 1.35. The molecule has 3 amide bonds. The van der Waals surface area contributed by atoms with Crippen LogP contribution in [-0.2, 0) is 32.7 Å². The molecule has 1 fully saturated rings. The molecule has 0 spiro atoms. The maximum atomic E-state index is 13.2. The molecule has 39 heavy (non-hydrogen) atoms. The van der Waals surface area contributed by atoms with Gasteiger partial charge in [0.05, 0.1) is 13.0 Å². The Labute approximate surface area is 227 Å². The summed E-state index contributed by atoms with van der Waals surface area (Å²) in [6.07, 6.45) is 1.42. The maximum Gasteiger partial charge on any atom is 0.407 e. The van der Waals surface area contributed by atoms with Crippen LogP contribution < -0.4 is 16.0 Å². The highest BCUT2D eigenvalue weighted by Gasteiger charge is 2.39. The van der Waals surface area contributed by atoms with Crippen LogP contribution in [0.15, 0.2) is 60.7 Å². The quantitative estimate of drug-likeness (QED) is 0.256. The fourth-order valence-electron chi connectivity index (χ4n) is 4.67. The van der Waals surface area contributed by atoms with Gasteiger partial charge in [-0.25, -0.2) is 4.79 Å². The molecule has 1 saturated carbocycles. The summed E-state index contributed by atoms with van der Waals surface area (Å²) < 4.78 is 11.8. The van der Waals surface area contributed by atoms with Crippen molar-refractivity contribution in [1.82, 2.24) is 20.5 Å². The zero-order valence-corrected chi connectivity index (χ0v) is 22.1. The molecule has 3 aromatic rings. The number of nitrogens with one attached hydrogen (secondary N) is 3. The van der Waals surface area contributed by atoms with Crippen LogP contribution in [0.25, 0.3) is 10.9 Å². The van der Waals surface area contributed by atoms with E-state index in [0.717, 1.165) is 16.5 Å². The minimum Gasteiger partial charge on any atom is -0.469 e. The highest BCUT2D eigenvalue weighted by molar-refractivity contribution is 6.00. The van der Waals surface area contributed by atoms with Crippen molar-refractivity contribution in [2.75, 3.05) is 13.7 Å². The van der Waals surface area contributed by atoms with Crippen molar-refractivity contribution >= 4 is 34.8 Å². The smallest absolute Gasteiger partial charge is 0.407 e.